The Bertz CT molecular complexity index is 851. The SMILES string of the molecule is O=C1NC(=S)NC(=O)C1=Cc1ccc(-c2cc(Br)ccc2Br)o1. The van der Waals surface area contributed by atoms with Crippen LogP contribution in [0.2, 0.25) is 0 Å². The number of hydrogen-bond donors (Lipinski definition) is 2. The monoisotopic (exact) mass is 454 g/mol. The van der Waals surface area contributed by atoms with Crippen molar-refractivity contribution >= 4 is 67.1 Å². The van der Waals surface area contributed by atoms with Gasteiger partial charge in [0.1, 0.15) is 17.1 Å². The predicted molar refractivity (Wildman–Crippen MR) is 96.4 cm³/mol. The number of benzene rings is 1. The molecule has 1 saturated heterocycles. The summed E-state index contributed by atoms with van der Waals surface area (Å²) in [6.07, 6.45) is 1.38. The highest BCUT2D eigenvalue weighted by molar-refractivity contribution is 9.11. The van der Waals surface area contributed by atoms with E-state index in [1.54, 1.807) is 12.1 Å². The van der Waals surface area contributed by atoms with Crippen molar-refractivity contribution in [3.05, 3.63) is 50.6 Å². The molecule has 0 aliphatic carbocycles. The average molecular weight is 456 g/mol. The number of carbonyl (C=O) groups is 2. The fourth-order valence-electron chi connectivity index (χ4n) is 2.01. The lowest BCUT2D eigenvalue weighted by molar-refractivity contribution is -0.123. The van der Waals surface area contributed by atoms with Gasteiger partial charge in [-0.1, -0.05) is 31.9 Å². The van der Waals surface area contributed by atoms with Crippen LogP contribution in [0.3, 0.4) is 0 Å². The normalized spacial score (nSPS) is 14.5. The van der Waals surface area contributed by atoms with E-state index < -0.39 is 11.8 Å². The van der Waals surface area contributed by atoms with E-state index in [0.29, 0.717) is 11.5 Å². The second-order valence-electron chi connectivity index (χ2n) is 4.62. The summed E-state index contributed by atoms with van der Waals surface area (Å²) in [5.41, 5.74) is 0.788. The molecule has 3 rings (SSSR count). The maximum Gasteiger partial charge on any atom is 0.263 e. The molecule has 8 heteroatoms. The Balaban J connectivity index is 1.95. The molecular weight excluding hydrogens is 448 g/mol. The minimum absolute atomic E-state index is 0.00431. The molecule has 1 aliphatic heterocycles. The van der Waals surface area contributed by atoms with Crippen LogP contribution in [0.4, 0.5) is 0 Å². The van der Waals surface area contributed by atoms with Gasteiger partial charge in [-0.3, -0.25) is 20.2 Å². The molecule has 2 N–H and O–H groups in total. The standard InChI is InChI=1S/C15H8Br2N2O3S/c16-7-1-3-11(17)9(5-7)12-4-2-8(22-12)6-10-13(20)18-15(23)19-14(10)21/h1-6H,(H2,18,19,20,21,23). The number of halogens is 2. The Morgan fingerprint density at radius 1 is 1.04 bits per heavy atom. The molecule has 0 unspecified atom stereocenters. The third kappa shape index (κ3) is 3.44. The number of thiocarbonyl (C=S) groups is 1. The first-order valence-corrected chi connectivity index (χ1v) is 8.37. The topological polar surface area (TPSA) is 71.3 Å². The van der Waals surface area contributed by atoms with Crippen molar-refractivity contribution in [1.29, 1.82) is 0 Å². The fourth-order valence-corrected chi connectivity index (χ4v) is 3.00. The van der Waals surface area contributed by atoms with Crippen molar-refractivity contribution in [3.63, 3.8) is 0 Å². The third-order valence-corrected chi connectivity index (χ3v) is 4.44. The highest BCUT2D eigenvalue weighted by Gasteiger charge is 2.26. The van der Waals surface area contributed by atoms with Gasteiger partial charge in [0.15, 0.2) is 5.11 Å². The minimum Gasteiger partial charge on any atom is -0.457 e. The average Bonchev–Trinajstić information content (AvgIpc) is 2.94. The third-order valence-electron chi connectivity index (χ3n) is 3.05. The van der Waals surface area contributed by atoms with Crippen molar-refractivity contribution in [2.24, 2.45) is 0 Å². The van der Waals surface area contributed by atoms with Gasteiger partial charge in [-0.25, -0.2) is 0 Å². The number of nitrogens with one attached hydrogen (secondary N) is 2. The summed E-state index contributed by atoms with van der Waals surface area (Å²) >= 11 is 11.6. The molecule has 0 bridgehead atoms. The van der Waals surface area contributed by atoms with Gasteiger partial charge >= 0.3 is 0 Å². The van der Waals surface area contributed by atoms with E-state index in [1.807, 2.05) is 18.2 Å². The molecular formula is C15H8Br2N2O3S. The van der Waals surface area contributed by atoms with Gasteiger partial charge in [-0.15, -0.1) is 0 Å². The maximum atomic E-state index is 11.8. The van der Waals surface area contributed by atoms with Crippen LogP contribution in [0.1, 0.15) is 5.76 Å². The molecule has 1 aliphatic rings. The highest BCUT2D eigenvalue weighted by Crippen LogP contribution is 2.32. The number of hydrogen-bond acceptors (Lipinski definition) is 4. The molecule has 0 atom stereocenters. The van der Waals surface area contributed by atoms with Crippen LogP contribution in [0, 0.1) is 0 Å². The van der Waals surface area contributed by atoms with E-state index in [-0.39, 0.29) is 10.7 Å². The smallest absolute Gasteiger partial charge is 0.263 e. The summed E-state index contributed by atoms with van der Waals surface area (Å²) in [7, 11) is 0. The molecule has 23 heavy (non-hydrogen) atoms. The second-order valence-corrected chi connectivity index (χ2v) is 6.80. The van der Waals surface area contributed by atoms with Gasteiger partial charge in [0.05, 0.1) is 0 Å². The quantitative estimate of drug-likeness (QED) is 0.413. The van der Waals surface area contributed by atoms with Crippen LogP contribution in [-0.4, -0.2) is 16.9 Å². The lowest BCUT2D eigenvalue weighted by Gasteiger charge is -2.15. The Hall–Kier alpha value is -1.77. The number of furan rings is 1. The predicted octanol–water partition coefficient (Wildman–Crippen LogP) is 3.39. The first-order valence-electron chi connectivity index (χ1n) is 6.37. The van der Waals surface area contributed by atoms with Crippen LogP contribution < -0.4 is 10.6 Å². The second kappa shape index (κ2) is 6.38. The van der Waals surface area contributed by atoms with Crippen molar-refractivity contribution in [2.45, 2.75) is 0 Å². The summed E-state index contributed by atoms with van der Waals surface area (Å²) < 4.78 is 7.49. The summed E-state index contributed by atoms with van der Waals surface area (Å²) in [6, 6.07) is 9.14. The van der Waals surface area contributed by atoms with E-state index in [0.717, 1.165) is 14.5 Å². The van der Waals surface area contributed by atoms with E-state index in [1.165, 1.54) is 6.08 Å². The largest absolute Gasteiger partial charge is 0.457 e. The number of carbonyl (C=O) groups excluding carboxylic acids is 2. The van der Waals surface area contributed by atoms with E-state index in [2.05, 4.69) is 42.5 Å². The molecule has 2 aromatic rings. The first-order chi connectivity index (χ1) is 10.9. The maximum absolute atomic E-state index is 11.8. The van der Waals surface area contributed by atoms with E-state index >= 15 is 0 Å². The molecule has 1 aromatic heterocycles. The van der Waals surface area contributed by atoms with Crippen molar-refractivity contribution < 1.29 is 14.0 Å². The molecule has 2 heterocycles. The lowest BCUT2D eigenvalue weighted by Crippen LogP contribution is -2.51. The number of amides is 2. The van der Waals surface area contributed by atoms with Gasteiger partial charge in [0, 0.05) is 14.5 Å². The van der Waals surface area contributed by atoms with E-state index in [9.17, 15) is 9.59 Å². The molecule has 1 fully saturated rings. The molecule has 0 saturated carbocycles. The van der Waals surface area contributed by atoms with Crippen molar-refractivity contribution in [3.8, 4) is 11.3 Å². The Morgan fingerprint density at radius 3 is 2.43 bits per heavy atom. The lowest BCUT2D eigenvalue weighted by atomic mass is 10.1. The van der Waals surface area contributed by atoms with Gasteiger partial charge in [-0.05, 0) is 48.6 Å². The molecule has 0 spiro atoms. The van der Waals surface area contributed by atoms with Crippen LogP contribution in [0.25, 0.3) is 17.4 Å². The number of rotatable bonds is 2. The Labute approximate surface area is 153 Å². The first kappa shape index (κ1) is 16.1. The van der Waals surface area contributed by atoms with Crippen LogP contribution in [0.5, 0.6) is 0 Å². The molecule has 116 valence electrons. The Kier molecular flexibility index (Phi) is 4.47. The van der Waals surface area contributed by atoms with Gasteiger partial charge < -0.3 is 4.42 Å². The zero-order chi connectivity index (χ0) is 16.6. The van der Waals surface area contributed by atoms with Gasteiger partial charge in [0.2, 0.25) is 0 Å². The fraction of sp³-hybridized carbons (Fsp3) is 0. The molecule has 2 amide bonds. The summed E-state index contributed by atoms with van der Waals surface area (Å²) in [6.45, 7) is 0. The van der Waals surface area contributed by atoms with Crippen molar-refractivity contribution in [1.82, 2.24) is 10.6 Å². The highest BCUT2D eigenvalue weighted by atomic mass is 79.9. The van der Waals surface area contributed by atoms with Gasteiger partial charge in [-0.2, -0.15) is 0 Å². The molecule has 1 aromatic carbocycles. The van der Waals surface area contributed by atoms with Gasteiger partial charge in [0.25, 0.3) is 11.8 Å². The van der Waals surface area contributed by atoms with Crippen LogP contribution in [0.15, 0.2) is 49.3 Å². The Morgan fingerprint density at radius 2 is 1.74 bits per heavy atom. The molecule has 0 radical (unpaired) electrons. The summed E-state index contributed by atoms with van der Waals surface area (Å²) in [4.78, 5) is 23.6. The van der Waals surface area contributed by atoms with E-state index in [4.69, 9.17) is 16.6 Å². The zero-order valence-electron chi connectivity index (χ0n) is 11.4. The zero-order valence-corrected chi connectivity index (χ0v) is 15.3. The van der Waals surface area contributed by atoms with Crippen molar-refractivity contribution in [2.75, 3.05) is 0 Å². The van der Waals surface area contributed by atoms with Crippen LogP contribution >= 0.6 is 44.1 Å². The molecule has 5 nitrogen and oxygen atoms in total. The summed E-state index contributed by atoms with van der Waals surface area (Å²) in [5.74, 6) is -0.113. The minimum atomic E-state index is -0.555. The van der Waals surface area contributed by atoms with Crippen LogP contribution in [-0.2, 0) is 9.59 Å². The summed E-state index contributed by atoms with van der Waals surface area (Å²) in [5, 5.41) is 4.74.